The molecule has 0 atom stereocenters. The van der Waals surface area contributed by atoms with Crippen molar-refractivity contribution in [3.05, 3.63) is 29.8 Å². The Kier molecular flexibility index (Phi) is 12.6. The van der Waals surface area contributed by atoms with Gasteiger partial charge in [0.1, 0.15) is 19.0 Å². The van der Waals surface area contributed by atoms with Gasteiger partial charge in [-0.2, -0.15) is 0 Å². The molecule has 132 valence electrons. The number of para-hydroxylation sites is 1. The summed E-state index contributed by atoms with van der Waals surface area (Å²) < 4.78 is 5.63. The second-order valence-electron chi connectivity index (χ2n) is 6.22. The highest BCUT2D eigenvalue weighted by molar-refractivity contribution is 5.33. The van der Waals surface area contributed by atoms with Gasteiger partial charge < -0.3 is 4.74 Å². The topological polar surface area (TPSA) is 38.7 Å². The monoisotopic (exact) mass is 322 g/mol. The Labute approximate surface area is 141 Å². The van der Waals surface area contributed by atoms with Crippen LogP contribution in [-0.2, 0) is 11.3 Å². The lowest BCUT2D eigenvalue weighted by atomic mass is 10.0. The molecule has 0 aliphatic heterocycles. The maximum atomic E-state index is 8.34. The van der Waals surface area contributed by atoms with Crippen molar-refractivity contribution in [1.82, 2.24) is 0 Å². The van der Waals surface area contributed by atoms with Crippen LogP contribution < -0.4 is 4.74 Å². The van der Waals surface area contributed by atoms with Gasteiger partial charge >= 0.3 is 0 Å². The molecule has 0 amide bonds. The fourth-order valence-electron chi connectivity index (χ4n) is 2.84. The Bertz CT molecular complexity index is 379. The molecule has 1 aromatic rings. The molecule has 0 spiro atoms. The minimum atomic E-state index is 0.201. The summed E-state index contributed by atoms with van der Waals surface area (Å²) in [6.07, 6.45) is 14.6. The lowest BCUT2D eigenvalue weighted by molar-refractivity contribution is -0.245. The Morgan fingerprint density at radius 3 is 2.04 bits per heavy atom. The van der Waals surface area contributed by atoms with Gasteiger partial charge in [0, 0.05) is 0 Å². The van der Waals surface area contributed by atoms with Crippen LogP contribution in [0.1, 0.15) is 76.7 Å². The standard InChI is InChI=1S/C20H34O3/c1-2-3-4-5-6-7-8-9-10-11-14-19-15-12-13-16-20(19)22-17-18-23-21/h12-13,15-16,21H,2-11,14,17-18H2,1H3. The predicted molar refractivity (Wildman–Crippen MR) is 96.1 cm³/mol. The van der Waals surface area contributed by atoms with Crippen LogP contribution in [0.15, 0.2) is 24.3 Å². The Balaban J connectivity index is 2.07. The minimum Gasteiger partial charge on any atom is -0.491 e. The summed E-state index contributed by atoms with van der Waals surface area (Å²) in [4.78, 5) is 4.05. The van der Waals surface area contributed by atoms with Crippen LogP contribution >= 0.6 is 0 Å². The first-order valence-electron chi connectivity index (χ1n) is 9.35. The number of hydrogen-bond acceptors (Lipinski definition) is 3. The van der Waals surface area contributed by atoms with Crippen LogP contribution in [0.25, 0.3) is 0 Å². The average Bonchev–Trinajstić information content (AvgIpc) is 2.58. The van der Waals surface area contributed by atoms with Crippen molar-refractivity contribution in [3.63, 3.8) is 0 Å². The summed E-state index contributed by atoms with van der Waals surface area (Å²) in [5, 5.41) is 8.34. The van der Waals surface area contributed by atoms with Crippen molar-refractivity contribution in [1.29, 1.82) is 0 Å². The number of rotatable bonds is 15. The number of hydrogen-bond donors (Lipinski definition) is 1. The molecule has 0 bridgehead atoms. The van der Waals surface area contributed by atoms with E-state index in [1.807, 2.05) is 12.1 Å². The van der Waals surface area contributed by atoms with E-state index < -0.39 is 0 Å². The van der Waals surface area contributed by atoms with E-state index in [4.69, 9.17) is 9.99 Å². The second kappa shape index (κ2) is 14.5. The van der Waals surface area contributed by atoms with Gasteiger partial charge in [-0.1, -0.05) is 82.9 Å². The largest absolute Gasteiger partial charge is 0.491 e. The fraction of sp³-hybridized carbons (Fsp3) is 0.700. The van der Waals surface area contributed by atoms with Gasteiger partial charge in [-0.25, -0.2) is 4.89 Å². The average molecular weight is 322 g/mol. The summed E-state index contributed by atoms with van der Waals surface area (Å²) in [5.74, 6) is 0.917. The van der Waals surface area contributed by atoms with E-state index in [1.165, 1.54) is 69.8 Å². The van der Waals surface area contributed by atoms with Gasteiger partial charge in [-0.15, -0.1) is 0 Å². The highest BCUT2D eigenvalue weighted by atomic mass is 17.1. The summed E-state index contributed by atoms with van der Waals surface area (Å²) in [6.45, 7) is 2.85. The van der Waals surface area contributed by atoms with E-state index in [0.29, 0.717) is 6.61 Å². The Morgan fingerprint density at radius 1 is 0.783 bits per heavy atom. The molecule has 0 aliphatic rings. The maximum absolute atomic E-state index is 8.34. The molecule has 1 aromatic carbocycles. The van der Waals surface area contributed by atoms with Gasteiger partial charge in [0.25, 0.3) is 0 Å². The molecule has 23 heavy (non-hydrogen) atoms. The summed E-state index contributed by atoms with van der Waals surface area (Å²) >= 11 is 0. The Hall–Kier alpha value is -1.06. The molecule has 3 nitrogen and oxygen atoms in total. The number of ether oxygens (including phenoxy) is 1. The van der Waals surface area contributed by atoms with Crippen LogP contribution in [-0.4, -0.2) is 18.5 Å². The van der Waals surface area contributed by atoms with E-state index in [1.54, 1.807) is 0 Å². The van der Waals surface area contributed by atoms with Gasteiger partial charge in [-0.05, 0) is 24.5 Å². The zero-order valence-electron chi connectivity index (χ0n) is 14.8. The van der Waals surface area contributed by atoms with Crippen molar-refractivity contribution in [2.75, 3.05) is 13.2 Å². The molecule has 0 fully saturated rings. The molecular formula is C20H34O3. The summed E-state index contributed by atoms with van der Waals surface area (Å²) in [5.41, 5.74) is 1.25. The number of unbranched alkanes of at least 4 members (excludes halogenated alkanes) is 9. The molecule has 0 aliphatic carbocycles. The smallest absolute Gasteiger partial charge is 0.122 e. The van der Waals surface area contributed by atoms with E-state index in [2.05, 4.69) is 23.9 Å². The zero-order chi connectivity index (χ0) is 16.6. The van der Waals surface area contributed by atoms with E-state index >= 15 is 0 Å². The first-order valence-corrected chi connectivity index (χ1v) is 9.35. The molecule has 1 rings (SSSR count). The van der Waals surface area contributed by atoms with E-state index in [0.717, 1.165) is 12.2 Å². The van der Waals surface area contributed by atoms with Gasteiger partial charge in [0.2, 0.25) is 0 Å². The first kappa shape index (κ1) is 20.0. The van der Waals surface area contributed by atoms with Crippen LogP contribution in [0.5, 0.6) is 5.75 Å². The molecule has 3 heteroatoms. The number of aryl methyl sites for hydroxylation is 1. The Morgan fingerprint density at radius 2 is 1.39 bits per heavy atom. The van der Waals surface area contributed by atoms with Gasteiger partial charge in [-0.3, -0.25) is 5.26 Å². The summed E-state index contributed by atoms with van der Waals surface area (Å²) in [7, 11) is 0. The van der Waals surface area contributed by atoms with Crippen LogP contribution in [0, 0.1) is 0 Å². The molecule has 0 unspecified atom stereocenters. The van der Waals surface area contributed by atoms with Crippen LogP contribution in [0.4, 0.5) is 0 Å². The lowest BCUT2D eigenvalue weighted by Crippen LogP contribution is -2.06. The normalized spacial score (nSPS) is 10.9. The number of benzene rings is 1. The minimum absolute atomic E-state index is 0.201. The lowest BCUT2D eigenvalue weighted by Gasteiger charge is -2.10. The van der Waals surface area contributed by atoms with Crippen molar-refractivity contribution in [2.45, 2.75) is 77.6 Å². The highest BCUT2D eigenvalue weighted by Gasteiger charge is 2.03. The van der Waals surface area contributed by atoms with E-state index in [-0.39, 0.29) is 6.61 Å². The predicted octanol–water partition coefficient (Wildman–Crippen LogP) is 6.02. The van der Waals surface area contributed by atoms with Crippen LogP contribution in [0.2, 0.25) is 0 Å². The highest BCUT2D eigenvalue weighted by Crippen LogP contribution is 2.21. The van der Waals surface area contributed by atoms with Gasteiger partial charge in [0.05, 0.1) is 0 Å². The molecule has 0 saturated carbocycles. The van der Waals surface area contributed by atoms with E-state index in [9.17, 15) is 0 Å². The van der Waals surface area contributed by atoms with Crippen molar-refractivity contribution < 1.29 is 14.9 Å². The first-order chi connectivity index (χ1) is 11.4. The fourth-order valence-corrected chi connectivity index (χ4v) is 2.84. The maximum Gasteiger partial charge on any atom is 0.122 e. The third-order valence-electron chi connectivity index (χ3n) is 4.20. The summed E-state index contributed by atoms with van der Waals surface area (Å²) in [6, 6.07) is 8.16. The molecule has 0 saturated heterocycles. The molecule has 0 heterocycles. The molecule has 1 N–H and O–H groups in total. The second-order valence-corrected chi connectivity index (χ2v) is 6.22. The molecule has 0 radical (unpaired) electrons. The van der Waals surface area contributed by atoms with Crippen molar-refractivity contribution in [3.8, 4) is 5.75 Å². The third kappa shape index (κ3) is 10.4. The molecule has 0 aromatic heterocycles. The quantitative estimate of drug-likeness (QED) is 0.244. The SMILES string of the molecule is CCCCCCCCCCCCc1ccccc1OCCOO. The third-order valence-corrected chi connectivity index (χ3v) is 4.20. The zero-order valence-corrected chi connectivity index (χ0v) is 14.8. The molecular weight excluding hydrogens is 288 g/mol. The van der Waals surface area contributed by atoms with Gasteiger partial charge in [0.15, 0.2) is 0 Å². The van der Waals surface area contributed by atoms with Crippen LogP contribution in [0.3, 0.4) is 0 Å². The van der Waals surface area contributed by atoms with Crippen molar-refractivity contribution >= 4 is 0 Å². The van der Waals surface area contributed by atoms with Crippen molar-refractivity contribution in [2.24, 2.45) is 0 Å².